The normalized spacial score (nSPS) is 23.2. The monoisotopic (exact) mass is 654 g/mol. The fraction of sp³-hybridized carbons (Fsp3) is 0.306. The molecule has 0 amide bonds. The molecule has 0 radical (unpaired) electrons. The lowest BCUT2D eigenvalue weighted by Crippen LogP contribution is -2.61. The maximum absolute atomic E-state index is 12.6. The van der Waals surface area contributed by atoms with E-state index >= 15 is 0 Å². The molecule has 1 saturated heterocycles. The highest BCUT2D eigenvalue weighted by atomic mass is 35.5. The average Bonchev–Trinajstić information content (AvgIpc) is 3.05. The molecule has 6 nitrogen and oxygen atoms in total. The van der Waals surface area contributed by atoms with Gasteiger partial charge in [-0.3, -0.25) is 0 Å². The minimum atomic E-state index is -4.78. The fourth-order valence-corrected chi connectivity index (χ4v) is 5.95. The smallest absolute Gasteiger partial charge is 0.406 e. The van der Waals surface area contributed by atoms with E-state index in [2.05, 4.69) is 4.74 Å². The Morgan fingerprint density at radius 1 is 0.848 bits per heavy atom. The van der Waals surface area contributed by atoms with Crippen LogP contribution in [0.2, 0.25) is 5.02 Å². The number of hydrogen-bond donors (Lipinski definition) is 0. The van der Waals surface area contributed by atoms with Crippen LogP contribution in [0.25, 0.3) is 0 Å². The Hall–Kier alpha value is -3.73. The van der Waals surface area contributed by atoms with Gasteiger partial charge in [0.1, 0.15) is 18.0 Å². The summed E-state index contributed by atoms with van der Waals surface area (Å²) >= 11 is 6.61. The molecular weight excluding hydrogens is 621 g/mol. The van der Waals surface area contributed by atoms with Gasteiger partial charge < -0.3 is 28.5 Å². The maximum atomic E-state index is 12.6. The predicted molar refractivity (Wildman–Crippen MR) is 166 cm³/mol. The first-order valence-electron chi connectivity index (χ1n) is 14.7. The summed E-state index contributed by atoms with van der Waals surface area (Å²) < 4.78 is 67.5. The zero-order valence-electron chi connectivity index (χ0n) is 25.3. The Labute approximate surface area is 271 Å². The second-order valence-corrected chi connectivity index (χ2v) is 11.5. The van der Waals surface area contributed by atoms with Crippen LogP contribution in [-0.2, 0) is 49.2 Å². The molecule has 1 heterocycles. The minimum Gasteiger partial charge on any atom is -0.406 e. The fourth-order valence-electron chi connectivity index (χ4n) is 5.76. The highest BCUT2D eigenvalue weighted by Gasteiger charge is 2.56. The number of halogens is 4. The van der Waals surface area contributed by atoms with Gasteiger partial charge in [0.2, 0.25) is 5.79 Å². The molecule has 4 aromatic carbocycles. The molecule has 0 unspecified atom stereocenters. The number of carbonyl (C=O) groups is 1. The van der Waals surface area contributed by atoms with Crippen LogP contribution in [0.4, 0.5) is 13.2 Å². The van der Waals surface area contributed by atoms with Gasteiger partial charge >= 0.3 is 6.36 Å². The van der Waals surface area contributed by atoms with Crippen molar-refractivity contribution in [2.45, 2.75) is 57.0 Å². The van der Waals surface area contributed by atoms with Crippen molar-refractivity contribution >= 4 is 17.9 Å². The molecule has 0 saturated carbocycles. The van der Waals surface area contributed by atoms with Crippen LogP contribution >= 0.6 is 11.6 Å². The van der Waals surface area contributed by atoms with Gasteiger partial charge in [0.05, 0.1) is 19.3 Å². The summed E-state index contributed by atoms with van der Waals surface area (Å²) in [4.78, 5) is 12.5. The molecule has 5 atom stereocenters. The highest BCUT2D eigenvalue weighted by Crippen LogP contribution is 2.45. The van der Waals surface area contributed by atoms with Crippen LogP contribution in [0, 0.1) is 5.92 Å². The Morgan fingerprint density at radius 2 is 1.46 bits per heavy atom. The third-order valence-electron chi connectivity index (χ3n) is 8.00. The van der Waals surface area contributed by atoms with E-state index in [0.717, 1.165) is 17.4 Å². The Balaban J connectivity index is 1.47. The first-order valence-corrected chi connectivity index (χ1v) is 15.1. The number of carbonyl (C=O) groups excluding carboxylic acids is 1. The Morgan fingerprint density at radius 3 is 2.02 bits per heavy atom. The summed E-state index contributed by atoms with van der Waals surface area (Å²) in [5, 5.41) is 0.437. The van der Waals surface area contributed by atoms with Gasteiger partial charge in [-0.25, -0.2) is 0 Å². The predicted octanol–water partition coefficient (Wildman–Crippen LogP) is 8.03. The summed E-state index contributed by atoms with van der Waals surface area (Å²) in [5.41, 5.74) is 3.82. The zero-order chi connectivity index (χ0) is 32.7. The Kier molecular flexibility index (Phi) is 10.8. The molecule has 0 N–H and O–H groups in total. The second-order valence-electron chi connectivity index (χ2n) is 11.1. The largest absolute Gasteiger partial charge is 0.573 e. The number of rotatable bonds is 12. The molecule has 0 aliphatic carbocycles. The number of benzene rings is 4. The molecule has 1 aliphatic rings. The van der Waals surface area contributed by atoms with E-state index in [9.17, 15) is 18.0 Å². The molecule has 5 rings (SSSR count). The van der Waals surface area contributed by atoms with Crippen LogP contribution in [0.3, 0.4) is 0 Å². The van der Waals surface area contributed by atoms with Crippen molar-refractivity contribution in [2.75, 3.05) is 7.11 Å². The molecule has 0 aromatic heterocycles. The van der Waals surface area contributed by atoms with E-state index in [0.29, 0.717) is 28.1 Å². The Bertz CT molecular complexity index is 1570. The van der Waals surface area contributed by atoms with E-state index in [1.807, 2.05) is 73.7 Å². The second kappa shape index (κ2) is 14.8. The van der Waals surface area contributed by atoms with E-state index in [-0.39, 0.29) is 24.9 Å². The number of methoxy groups -OCH3 is 1. The summed E-state index contributed by atoms with van der Waals surface area (Å²) in [6.07, 6.45) is -6.14. The van der Waals surface area contributed by atoms with E-state index < -0.39 is 30.5 Å². The first kappa shape index (κ1) is 33.6. The molecule has 0 spiro atoms. The van der Waals surface area contributed by atoms with Crippen molar-refractivity contribution in [1.29, 1.82) is 0 Å². The third-order valence-corrected chi connectivity index (χ3v) is 8.37. The quantitative estimate of drug-likeness (QED) is 0.144. The lowest BCUT2D eigenvalue weighted by atomic mass is 9.81. The summed E-state index contributed by atoms with van der Waals surface area (Å²) in [6, 6.07) is 30.2. The van der Waals surface area contributed by atoms with E-state index in [1.54, 1.807) is 12.1 Å². The van der Waals surface area contributed by atoms with Gasteiger partial charge in [0.15, 0.2) is 6.29 Å². The molecule has 10 heteroatoms. The van der Waals surface area contributed by atoms with Crippen LogP contribution in [0.5, 0.6) is 5.75 Å². The van der Waals surface area contributed by atoms with Crippen molar-refractivity contribution in [1.82, 2.24) is 0 Å². The number of hydrogen-bond acceptors (Lipinski definition) is 6. The molecule has 4 aromatic rings. The lowest BCUT2D eigenvalue weighted by Gasteiger charge is -2.50. The number of alkyl halides is 3. The van der Waals surface area contributed by atoms with Gasteiger partial charge in [0.25, 0.3) is 0 Å². The molecule has 0 bridgehead atoms. The number of ether oxygens (including phenoxy) is 5. The van der Waals surface area contributed by atoms with Crippen molar-refractivity contribution in [2.24, 2.45) is 5.92 Å². The lowest BCUT2D eigenvalue weighted by molar-refractivity contribution is -0.358. The zero-order valence-corrected chi connectivity index (χ0v) is 26.0. The molecule has 1 aliphatic heterocycles. The summed E-state index contributed by atoms with van der Waals surface area (Å²) in [5.74, 6) is -2.23. The van der Waals surface area contributed by atoms with Crippen molar-refractivity contribution < 1.29 is 41.7 Å². The average molecular weight is 655 g/mol. The van der Waals surface area contributed by atoms with Gasteiger partial charge in [-0.15, -0.1) is 13.2 Å². The van der Waals surface area contributed by atoms with E-state index in [4.69, 9.17) is 30.5 Å². The van der Waals surface area contributed by atoms with Gasteiger partial charge in [-0.1, -0.05) is 97.4 Å². The minimum absolute atomic E-state index is 0.244. The molecular formula is C36H34ClF3O6. The third kappa shape index (κ3) is 7.97. The van der Waals surface area contributed by atoms with Crippen LogP contribution < -0.4 is 4.74 Å². The molecule has 46 heavy (non-hydrogen) atoms. The topological polar surface area (TPSA) is 63.2 Å². The van der Waals surface area contributed by atoms with Crippen LogP contribution in [-0.4, -0.2) is 38.1 Å². The highest BCUT2D eigenvalue weighted by molar-refractivity contribution is 6.31. The van der Waals surface area contributed by atoms with Gasteiger partial charge in [-0.2, -0.15) is 0 Å². The van der Waals surface area contributed by atoms with Gasteiger partial charge in [0, 0.05) is 23.6 Å². The van der Waals surface area contributed by atoms with E-state index in [1.165, 1.54) is 31.4 Å². The molecule has 1 fully saturated rings. The summed E-state index contributed by atoms with van der Waals surface area (Å²) in [6.45, 7) is 2.46. The molecule has 242 valence electrons. The van der Waals surface area contributed by atoms with Crippen LogP contribution in [0.1, 0.15) is 34.7 Å². The standard InChI is InChI=1S/C36H34ClF3O6/c1-24-33(43-22-26-9-5-3-6-10-26)32(21-41)46-35(42-2,34(24)44-23-27-11-7-4-8-12-27)29-15-18-31(37)28(20-29)19-25-13-16-30(17-14-25)45-36(38,39)40/h3-18,20-21,24,32-34H,19,22-23H2,1-2H3/t24-,32+,33-,34+,35-/m0/s1. The summed E-state index contributed by atoms with van der Waals surface area (Å²) in [7, 11) is 1.49. The van der Waals surface area contributed by atoms with Crippen molar-refractivity contribution in [3.8, 4) is 5.75 Å². The van der Waals surface area contributed by atoms with Gasteiger partial charge in [-0.05, 0) is 52.9 Å². The van der Waals surface area contributed by atoms with Crippen molar-refractivity contribution in [3.63, 3.8) is 0 Å². The number of aldehydes is 1. The van der Waals surface area contributed by atoms with Crippen LogP contribution in [0.15, 0.2) is 103 Å². The van der Waals surface area contributed by atoms with Crippen molar-refractivity contribution in [3.05, 3.63) is 136 Å². The first-order chi connectivity index (χ1) is 22.1. The SMILES string of the molecule is CO[C@@]1(c2ccc(Cl)c(Cc3ccc(OC(F)(F)F)cc3)c2)O[C@H](C=O)[C@@H](OCc2ccccc2)[C@H](C)[C@H]1OCc1ccccc1. The maximum Gasteiger partial charge on any atom is 0.573 e.